The molecule has 0 aliphatic carbocycles. The van der Waals surface area contributed by atoms with Crippen molar-refractivity contribution >= 4 is 6.09 Å². The molecule has 0 N–H and O–H groups in total. The molecule has 3 rings (SSSR count). The summed E-state index contributed by atoms with van der Waals surface area (Å²) in [4.78, 5) is 21.5. The molecule has 1 saturated heterocycles. The molecule has 1 aromatic carbocycles. The number of hydrogen-bond donors (Lipinski definition) is 0. The van der Waals surface area contributed by atoms with E-state index < -0.39 is 11.6 Å². The number of ether oxygens (including phenoxy) is 3. The number of rotatable bonds is 5. The van der Waals surface area contributed by atoms with Crippen LogP contribution in [0.4, 0.5) is 13.6 Å². The van der Waals surface area contributed by atoms with Crippen molar-refractivity contribution in [3.8, 4) is 17.5 Å². The molecular weight excluding hydrogens is 372 g/mol. The Kier molecular flexibility index (Phi) is 6.23. The summed E-state index contributed by atoms with van der Waals surface area (Å²) in [5.74, 6) is -2.09. The van der Waals surface area contributed by atoms with E-state index in [1.807, 2.05) is 0 Å². The predicted octanol–water partition coefficient (Wildman–Crippen LogP) is 3.94. The first-order valence-electron chi connectivity index (χ1n) is 8.98. The fraction of sp³-hybridized carbons (Fsp3) is 0.421. The summed E-state index contributed by atoms with van der Waals surface area (Å²) < 4.78 is 43.3. The van der Waals surface area contributed by atoms with Gasteiger partial charge in [0.15, 0.2) is 11.6 Å². The van der Waals surface area contributed by atoms with E-state index >= 15 is 0 Å². The van der Waals surface area contributed by atoms with Gasteiger partial charge in [-0.3, -0.25) is 0 Å². The Bertz CT molecular complexity index is 827. The van der Waals surface area contributed by atoms with Crippen LogP contribution in [0.5, 0.6) is 17.5 Å². The van der Waals surface area contributed by atoms with Crippen LogP contribution in [0.1, 0.15) is 26.7 Å². The number of carbonyl (C=O) groups is 1. The molecule has 1 amide bonds. The molecule has 28 heavy (non-hydrogen) atoms. The van der Waals surface area contributed by atoms with E-state index in [1.54, 1.807) is 18.7 Å². The van der Waals surface area contributed by atoms with Crippen LogP contribution < -0.4 is 9.47 Å². The first-order chi connectivity index (χ1) is 13.4. The molecule has 2 heterocycles. The lowest BCUT2D eigenvalue weighted by atomic mass is 10.1. The van der Waals surface area contributed by atoms with Gasteiger partial charge in [0.2, 0.25) is 17.6 Å². The molecule has 0 radical (unpaired) electrons. The van der Waals surface area contributed by atoms with Crippen LogP contribution in [0.3, 0.4) is 0 Å². The lowest BCUT2D eigenvalue weighted by Gasteiger charge is -2.31. The topological polar surface area (TPSA) is 73.8 Å². The molecule has 0 spiro atoms. The van der Waals surface area contributed by atoms with Crippen LogP contribution in [0.25, 0.3) is 0 Å². The summed E-state index contributed by atoms with van der Waals surface area (Å²) >= 11 is 0. The Balaban J connectivity index is 1.57. The lowest BCUT2D eigenvalue weighted by Crippen LogP contribution is -2.42. The van der Waals surface area contributed by atoms with Gasteiger partial charge in [-0.25, -0.2) is 19.2 Å². The summed E-state index contributed by atoms with van der Waals surface area (Å²) in [5.41, 5.74) is 0. The molecule has 1 aromatic heterocycles. The quantitative estimate of drug-likeness (QED) is 0.766. The van der Waals surface area contributed by atoms with Gasteiger partial charge in [-0.05, 0) is 26.0 Å². The zero-order chi connectivity index (χ0) is 20.1. The molecule has 9 heteroatoms. The maximum Gasteiger partial charge on any atom is 0.410 e. The molecule has 1 aliphatic rings. The molecule has 0 saturated carbocycles. The van der Waals surface area contributed by atoms with Gasteiger partial charge in [0, 0.05) is 25.9 Å². The number of piperidine rings is 1. The Hall–Kier alpha value is -2.97. The molecule has 7 nitrogen and oxygen atoms in total. The SMILES string of the molecule is CC(C)OC(=O)N1CCC(Oc2cc(Oc3cccc(F)c3F)ncn2)CC1. The molecular formula is C19H21F2N3O4. The molecule has 150 valence electrons. The summed E-state index contributed by atoms with van der Waals surface area (Å²) in [5, 5.41) is 0. The van der Waals surface area contributed by atoms with Crippen LogP contribution in [0.15, 0.2) is 30.6 Å². The third-order valence-electron chi connectivity index (χ3n) is 4.07. The second-order valence-electron chi connectivity index (χ2n) is 6.59. The predicted molar refractivity (Wildman–Crippen MR) is 95.3 cm³/mol. The largest absolute Gasteiger partial charge is 0.474 e. The first kappa shape index (κ1) is 19.8. The van der Waals surface area contributed by atoms with Crippen molar-refractivity contribution < 1.29 is 27.8 Å². The van der Waals surface area contributed by atoms with Gasteiger partial charge in [0.25, 0.3) is 0 Å². The highest BCUT2D eigenvalue weighted by Crippen LogP contribution is 2.26. The van der Waals surface area contributed by atoms with E-state index in [0.29, 0.717) is 25.9 Å². The standard InChI is InChI=1S/C19H21F2N3O4/c1-12(2)26-19(25)24-8-6-13(7-9-24)27-16-10-17(23-11-22-16)28-15-5-3-4-14(20)18(15)21/h3-5,10-13H,6-9H2,1-2H3. The van der Waals surface area contributed by atoms with E-state index in [9.17, 15) is 13.6 Å². The van der Waals surface area contributed by atoms with Crippen molar-refractivity contribution in [2.24, 2.45) is 0 Å². The molecule has 0 atom stereocenters. The van der Waals surface area contributed by atoms with Gasteiger partial charge in [0.05, 0.1) is 12.2 Å². The molecule has 0 unspecified atom stereocenters. The van der Waals surface area contributed by atoms with E-state index in [2.05, 4.69) is 9.97 Å². The van der Waals surface area contributed by atoms with Gasteiger partial charge in [-0.15, -0.1) is 0 Å². The molecule has 0 bridgehead atoms. The van der Waals surface area contributed by atoms with Gasteiger partial charge in [-0.1, -0.05) is 6.07 Å². The molecule has 1 aliphatic heterocycles. The third-order valence-corrected chi connectivity index (χ3v) is 4.07. The highest BCUT2D eigenvalue weighted by molar-refractivity contribution is 5.67. The van der Waals surface area contributed by atoms with Crippen LogP contribution >= 0.6 is 0 Å². The minimum atomic E-state index is -1.09. The van der Waals surface area contributed by atoms with Gasteiger partial charge in [-0.2, -0.15) is 4.39 Å². The third kappa shape index (κ3) is 5.05. The minimum Gasteiger partial charge on any atom is -0.474 e. The average Bonchev–Trinajstić information content (AvgIpc) is 2.66. The number of nitrogens with zero attached hydrogens (tertiary/aromatic N) is 3. The average molecular weight is 393 g/mol. The number of aromatic nitrogens is 2. The Labute approximate surface area is 161 Å². The maximum atomic E-state index is 13.7. The number of likely N-dealkylation sites (tertiary alicyclic amines) is 1. The zero-order valence-electron chi connectivity index (χ0n) is 15.6. The van der Waals surface area contributed by atoms with E-state index in [-0.39, 0.29) is 35.8 Å². The fourth-order valence-electron chi connectivity index (χ4n) is 2.72. The van der Waals surface area contributed by atoms with E-state index in [1.165, 1.54) is 24.5 Å². The number of benzene rings is 1. The lowest BCUT2D eigenvalue weighted by molar-refractivity contribution is 0.0507. The fourth-order valence-corrected chi connectivity index (χ4v) is 2.72. The number of amides is 1. The Morgan fingerprint density at radius 3 is 2.61 bits per heavy atom. The summed E-state index contributed by atoms with van der Waals surface area (Å²) in [7, 11) is 0. The van der Waals surface area contributed by atoms with Crippen molar-refractivity contribution in [1.82, 2.24) is 14.9 Å². The summed E-state index contributed by atoms with van der Waals surface area (Å²) in [6.07, 6.45) is 1.82. The highest BCUT2D eigenvalue weighted by atomic mass is 19.2. The minimum absolute atomic E-state index is 0.0347. The Morgan fingerprint density at radius 1 is 1.18 bits per heavy atom. The van der Waals surface area contributed by atoms with Crippen molar-refractivity contribution in [2.45, 2.75) is 38.9 Å². The number of hydrogen-bond acceptors (Lipinski definition) is 6. The maximum absolute atomic E-state index is 13.7. The van der Waals surface area contributed by atoms with Crippen molar-refractivity contribution in [3.05, 3.63) is 42.2 Å². The summed E-state index contributed by atoms with van der Waals surface area (Å²) in [6, 6.07) is 5.04. The van der Waals surface area contributed by atoms with Gasteiger partial charge in [0.1, 0.15) is 12.4 Å². The molecule has 2 aromatic rings. The first-order valence-corrected chi connectivity index (χ1v) is 8.98. The van der Waals surface area contributed by atoms with Gasteiger partial charge < -0.3 is 19.1 Å². The smallest absolute Gasteiger partial charge is 0.410 e. The van der Waals surface area contributed by atoms with E-state index in [4.69, 9.17) is 14.2 Å². The van der Waals surface area contributed by atoms with Crippen LogP contribution in [-0.2, 0) is 4.74 Å². The highest BCUT2D eigenvalue weighted by Gasteiger charge is 2.25. The zero-order valence-corrected chi connectivity index (χ0v) is 15.6. The van der Waals surface area contributed by atoms with Crippen molar-refractivity contribution in [2.75, 3.05) is 13.1 Å². The van der Waals surface area contributed by atoms with Crippen molar-refractivity contribution in [1.29, 1.82) is 0 Å². The number of carbonyl (C=O) groups excluding carboxylic acids is 1. The second kappa shape index (κ2) is 8.81. The van der Waals surface area contributed by atoms with Crippen LogP contribution in [0, 0.1) is 11.6 Å². The van der Waals surface area contributed by atoms with Crippen LogP contribution in [0.2, 0.25) is 0 Å². The van der Waals surface area contributed by atoms with Gasteiger partial charge >= 0.3 is 6.09 Å². The van der Waals surface area contributed by atoms with Crippen LogP contribution in [-0.4, -0.2) is 46.3 Å². The molecule has 1 fully saturated rings. The number of halogens is 2. The Morgan fingerprint density at radius 2 is 1.89 bits per heavy atom. The normalized spacial score (nSPS) is 14.8. The monoisotopic (exact) mass is 393 g/mol. The van der Waals surface area contributed by atoms with Crippen molar-refractivity contribution in [3.63, 3.8) is 0 Å². The summed E-state index contributed by atoms with van der Waals surface area (Å²) in [6.45, 7) is 4.63. The van der Waals surface area contributed by atoms with E-state index in [0.717, 1.165) is 6.07 Å². The second-order valence-corrected chi connectivity index (χ2v) is 6.59.